The fourth-order valence-corrected chi connectivity index (χ4v) is 6.77. The molecule has 8 heteroatoms. The van der Waals surface area contributed by atoms with E-state index in [4.69, 9.17) is 4.74 Å². The Labute approximate surface area is 139 Å². The highest BCUT2D eigenvalue weighted by Gasteiger charge is 2.49. The number of hydrogen-bond acceptors (Lipinski definition) is 5. The topological polar surface area (TPSA) is 76.0 Å². The van der Waals surface area contributed by atoms with E-state index in [1.807, 2.05) is 36.1 Å². The van der Waals surface area contributed by atoms with Gasteiger partial charge >= 0.3 is 0 Å². The summed E-state index contributed by atoms with van der Waals surface area (Å²) in [5, 5.41) is 0.469. The van der Waals surface area contributed by atoms with Crippen molar-refractivity contribution >= 4 is 38.4 Å². The molecule has 2 atom stereocenters. The molecule has 6 nitrogen and oxygen atoms in total. The number of nitrogens with zero attached hydrogens (tertiary/aromatic N) is 2. The number of amides is 1. The molecule has 0 bridgehead atoms. The quantitative estimate of drug-likeness (QED) is 0.813. The third kappa shape index (κ3) is 3.44. The van der Waals surface area contributed by atoms with E-state index < -0.39 is 9.84 Å². The Balaban J connectivity index is 1.97. The smallest absolute Gasteiger partial charge is 0.274 e. The normalized spacial score (nSPS) is 27.4. The van der Waals surface area contributed by atoms with Crippen LogP contribution in [0.3, 0.4) is 0 Å². The van der Waals surface area contributed by atoms with E-state index in [1.54, 1.807) is 0 Å². The van der Waals surface area contributed by atoms with Crippen molar-refractivity contribution in [3.63, 3.8) is 0 Å². The molecular weight excluding hydrogens is 336 g/mol. The van der Waals surface area contributed by atoms with E-state index in [2.05, 4.69) is 4.99 Å². The predicted octanol–water partition coefficient (Wildman–Crippen LogP) is 1.24. The molecule has 1 aromatic rings. The van der Waals surface area contributed by atoms with Crippen molar-refractivity contribution in [1.29, 1.82) is 0 Å². The maximum atomic E-state index is 11.9. The molecule has 124 valence electrons. The van der Waals surface area contributed by atoms with Gasteiger partial charge in [0.15, 0.2) is 15.0 Å². The minimum absolute atomic E-state index is 0.0839. The van der Waals surface area contributed by atoms with Crippen LogP contribution in [0.5, 0.6) is 0 Å². The Kier molecular flexibility index (Phi) is 4.48. The first kappa shape index (κ1) is 16.5. The highest BCUT2D eigenvalue weighted by molar-refractivity contribution is 8.16. The molecule has 0 aliphatic carbocycles. The summed E-state index contributed by atoms with van der Waals surface area (Å²) in [6.07, 6.45) is 0. The van der Waals surface area contributed by atoms with E-state index in [0.717, 1.165) is 11.3 Å². The van der Waals surface area contributed by atoms with Crippen molar-refractivity contribution < 1.29 is 17.9 Å². The van der Waals surface area contributed by atoms with Crippen LogP contribution in [-0.2, 0) is 19.4 Å². The van der Waals surface area contributed by atoms with Gasteiger partial charge in [0, 0.05) is 18.0 Å². The maximum absolute atomic E-state index is 11.9. The Morgan fingerprint density at radius 1 is 1.35 bits per heavy atom. The lowest BCUT2D eigenvalue weighted by Crippen LogP contribution is -2.37. The molecule has 1 amide bonds. The summed E-state index contributed by atoms with van der Waals surface area (Å²) in [6, 6.07) is 7.61. The van der Waals surface area contributed by atoms with Crippen molar-refractivity contribution in [2.75, 3.05) is 30.1 Å². The average Bonchev–Trinajstić information content (AvgIpc) is 2.91. The van der Waals surface area contributed by atoms with Crippen molar-refractivity contribution in [3.8, 4) is 0 Å². The number of aliphatic imine (C=N–C) groups is 1. The van der Waals surface area contributed by atoms with Gasteiger partial charge in [-0.25, -0.2) is 8.42 Å². The van der Waals surface area contributed by atoms with Crippen LogP contribution >= 0.6 is 11.8 Å². The second kappa shape index (κ2) is 6.26. The van der Waals surface area contributed by atoms with Crippen LogP contribution in [0.15, 0.2) is 29.3 Å². The lowest BCUT2D eigenvalue weighted by molar-refractivity contribution is -0.121. The third-order valence-corrected chi connectivity index (χ3v) is 7.08. The minimum atomic E-state index is -3.04. The fraction of sp³-hybridized carbons (Fsp3) is 0.467. The molecule has 0 spiro atoms. The molecule has 0 saturated carbocycles. The van der Waals surface area contributed by atoms with Crippen molar-refractivity contribution in [2.24, 2.45) is 4.99 Å². The van der Waals surface area contributed by atoms with Crippen molar-refractivity contribution in [3.05, 3.63) is 29.8 Å². The first-order valence-electron chi connectivity index (χ1n) is 7.23. The third-order valence-electron chi connectivity index (χ3n) is 3.87. The van der Waals surface area contributed by atoms with Crippen LogP contribution in [0.4, 0.5) is 5.69 Å². The van der Waals surface area contributed by atoms with Gasteiger partial charge in [-0.05, 0) is 19.1 Å². The summed E-state index contributed by atoms with van der Waals surface area (Å²) >= 11 is 1.37. The summed E-state index contributed by atoms with van der Waals surface area (Å²) in [5.74, 6) is -0.145. The van der Waals surface area contributed by atoms with Gasteiger partial charge in [0.1, 0.15) is 6.61 Å². The fourth-order valence-electron chi connectivity index (χ4n) is 2.83. The van der Waals surface area contributed by atoms with Crippen LogP contribution < -0.4 is 4.90 Å². The summed E-state index contributed by atoms with van der Waals surface area (Å²) in [5.41, 5.74) is 1.97. The first-order chi connectivity index (χ1) is 10.9. The monoisotopic (exact) mass is 354 g/mol. The number of sulfone groups is 1. The molecule has 2 aliphatic rings. The SMILES string of the molecule is COCC(=O)N=C1S[C@H]2CS(=O)(=O)C[C@@H]2N1c1ccc(C)cc1. The first-order valence-corrected chi connectivity index (χ1v) is 9.93. The van der Waals surface area contributed by atoms with Gasteiger partial charge in [0.2, 0.25) is 0 Å². The largest absolute Gasteiger partial charge is 0.375 e. The number of rotatable bonds is 3. The molecule has 2 saturated heterocycles. The van der Waals surface area contributed by atoms with Crippen LogP contribution in [-0.4, -0.2) is 56.0 Å². The lowest BCUT2D eigenvalue weighted by Gasteiger charge is -2.24. The minimum Gasteiger partial charge on any atom is -0.375 e. The number of aryl methyl sites for hydroxylation is 1. The number of fused-ring (bicyclic) bond motifs is 1. The van der Waals surface area contributed by atoms with E-state index in [9.17, 15) is 13.2 Å². The summed E-state index contributed by atoms with van der Waals surface area (Å²) < 4.78 is 28.7. The molecule has 23 heavy (non-hydrogen) atoms. The Morgan fingerprint density at radius 2 is 2.04 bits per heavy atom. The molecule has 1 aromatic carbocycles. The van der Waals surface area contributed by atoms with Gasteiger partial charge in [-0.15, -0.1) is 0 Å². The molecule has 0 unspecified atom stereocenters. The van der Waals surface area contributed by atoms with Gasteiger partial charge < -0.3 is 9.64 Å². The number of benzene rings is 1. The predicted molar refractivity (Wildman–Crippen MR) is 91.8 cm³/mol. The molecule has 0 N–H and O–H groups in total. The second-order valence-corrected chi connectivity index (χ2v) is 9.09. The molecule has 0 radical (unpaired) electrons. The van der Waals surface area contributed by atoms with E-state index in [-0.39, 0.29) is 35.3 Å². The van der Waals surface area contributed by atoms with Gasteiger partial charge in [-0.3, -0.25) is 4.79 Å². The molecule has 2 fully saturated rings. The van der Waals surface area contributed by atoms with E-state index >= 15 is 0 Å². The molecule has 2 heterocycles. The van der Waals surface area contributed by atoms with Crippen LogP contribution in [0, 0.1) is 6.92 Å². The van der Waals surface area contributed by atoms with Crippen LogP contribution in [0.2, 0.25) is 0 Å². The molecule has 3 rings (SSSR count). The Bertz CT molecular complexity index is 743. The number of methoxy groups -OCH3 is 1. The Hall–Kier alpha value is -1.38. The van der Waals surface area contributed by atoms with Gasteiger partial charge in [-0.1, -0.05) is 29.5 Å². The molecule has 0 aromatic heterocycles. The van der Waals surface area contributed by atoms with E-state index in [1.165, 1.54) is 18.9 Å². The zero-order chi connectivity index (χ0) is 16.6. The number of hydrogen-bond donors (Lipinski definition) is 0. The average molecular weight is 354 g/mol. The number of carbonyl (C=O) groups excluding carboxylic acids is 1. The van der Waals surface area contributed by atoms with Crippen LogP contribution in [0.1, 0.15) is 5.56 Å². The number of amidine groups is 1. The van der Waals surface area contributed by atoms with Crippen molar-refractivity contribution in [1.82, 2.24) is 0 Å². The lowest BCUT2D eigenvalue weighted by atomic mass is 10.1. The number of carbonyl (C=O) groups is 1. The van der Waals surface area contributed by atoms with Crippen LogP contribution in [0.25, 0.3) is 0 Å². The number of thioether (sulfide) groups is 1. The summed E-state index contributed by atoms with van der Waals surface area (Å²) in [4.78, 5) is 17.8. The zero-order valence-corrected chi connectivity index (χ0v) is 14.6. The second-order valence-electron chi connectivity index (χ2n) is 5.73. The van der Waals surface area contributed by atoms with E-state index in [0.29, 0.717) is 5.17 Å². The van der Waals surface area contributed by atoms with Gasteiger partial charge in [-0.2, -0.15) is 4.99 Å². The maximum Gasteiger partial charge on any atom is 0.274 e. The number of ether oxygens (including phenoxy) is 1. The van der Waals surface area contributed by atoms with Gasteiger partial charge in [0.25, 0.3) is 5.91 Å². The summed E-state index contributed by atoms with van der Waals surface area (Å²) in [6.45, 7) is 1.90. The zero-order valence-electron chi connectivity index (χ0n) is 12.9. The molecule has 2 aliphatic heterocycles. The van der Waals surface area contributed by atoms with Crippen molar-refractivity contribution in [2.45, 2.75) is 18.2 Å². The summed E-state index contributed by atoms with van der Waals surface area (Å²) in [7, 11) is -1.60. The van der Waals surface area contributed by atoms with Gasteiger partial charge in [0.05, 0.1) is 17.5 Å². The number of anilines is 1. The highest BCUT2D eigenvalue weighted by Crippen LogP contribution is 2.40. The highest BCUT2D eigenvalue weighted by atomic mass is 32.2. The molecular formula is C15H18N2O4S2. The Morgan fingerprint density at radius 3 is 2.70 bits per heavy atom. The standard InChI is InChI=1S/C15H18N2O4S2/c1-10-3-5-11(6-4-10)17-12-8-23(19,20)9-13(12)22-15(17)16-14(18)7-21-2/h3-6,12-13H,7-9H2,1-2H3/t12-,13-/m0/s1.